The van der Waals surface area contributed by atoms with Gasteiger partial charge in [0.25, 0.3) is 0 Å². The second-order valence-corrected chi connectivity index (χ2v) is 5.53. The molecule has 1 fully saturated rings. The minimum absolute atomic E-state index is 0.214. The van der Waals surface area contributed by atoms with Crippen molar-refractivity contribution in [2.45, 2.75) is 18.8 Å². The van der Waals surface area contributed by atoms with E-state index in [0.29, 0.717) is 11.7 Å². The molecule has 2 aromatic rings. The van der Waals surface area contributed by atoms with E-state index in [1.807, 2.05) is 24.4 Å². The number of nitrogens with zero attached hydrogens (tertiary/aromatic N) is 4. The summed E-state index contributed by atoms with van der Waals surface area (Å²) >= 11 is 0. The average Bonchev–Trinajstić information content (AvgIpc) is 2.57. The Morgan fingerprint density at radius 2 is 2.14 bits per heavy atom. The molecule has 0 spiro atoms. The topological polar surface area (TPSA) is 74.2 Å². The van der Waals surface area contributed by atoms with Crippen LogP contribution in [0.4, 0.5) is 11.6 Å². The molecule has 22 heavy (non-hydrogen) atoms. The Labute approximate surface area is 130 Å². The summed E-state index contributed by atoms with van der Waals surface area (Å²) in [5, 5.41) is 12.2. The van der Waals surface area contributed by atoms with E-state index in [1.54, 1.807) is 12.4 Å². The summed E-state index contributed by atoms with van der Waals surface area (Å²) in [7, 11) is 0. The molecular weight excluding hydrogens is 278 g/mol. The predicted molar refractivity (Wildman–Crippen MR) is 85.1 cm³/mol. The van der Waals surface area contributed by atoms with Crippen molar-refractivity contribution in [3.63, 3.8) is 0 Å². The number of piperidine rings is 1. The average molecular weight is 299 g/mol. The van der Waals surface area contributed by atoms with Gasteiger partial charge in [0.1, 0.15) is 11.6 Å². The number of hydrogen-bond donors (Lipinski definition) is 2. The van der Waals surface area contributed by atoms with Crippen LogP contribution in [-0.2, 0) is 0 Å². The number of aliphatic hydroxyl groups is 1. The van der Waals surface area contributed by atoms with Crippen LogP contribution < -0.4 is 5.32 Å². The molecular formula is C16H21N5O. The van der Waals surface area contributed by atoms with Crippen LogP contribution in [0.15, 0.2) is 36.8 Å². The molecule has 0 aliphatic carbocycles. The van der Waals surface area contributed by atoms with Crippen LogP contribution in [0.25, 0.3) is 0 Å². The Kier molecular flexibility index (Phi) is 4.92. The normalized spacial score (nSPS) is 19.0. The number of pyridine rings is 1. The van der Waals surface area contributed by atoms with Gasteiger partial charge in [-0.1, -0.05) is 6.07 Å². The van der Waals surface area contributed by atoms with Gasteiger partial charge in [0.05, 0.1) is 24.7 Å². The van der Waals surface area contributed by atoms with Gasteiger partial charge in [-0.15, -0.1) is 0 Å². The van der Waals surface area contributed by atoms with E-state index in [0.717, 1.165) is 44.0 Å². The summed E-state index contributed by atoms with van der Waals surface area (Å²) in [6.07, 6.45) is 7.61. The maximum Gasteiger partial charge on any atom is 0.150 e. The molecule has 116 valence electrons. The standard InChI is InChI=1S/C16H21N5O/c22-9-8-21-7-3-4-13(12-21)14-10-19-16(11-18-14)20-15-5-1-2-6-17-15/h1-2,5-6,10-11,13,22H,3-4,7-9,12H2,(H,17,19,20)/t13-/m1/s1. The lowest BCUT2D eigenvalue weighted by Crippen LogP contribution is -2.36. The molecule has 3 heterocycles. The van der Waals surface area contributed by atoms with Gasteiger partial charge in [0.15, 0.2) is 0 Å². The second-order valence-electron chi connectivity index (χ2n) is 5.53. The smallest absolute Gasteiger partial charge is 0.150 e. The minimum Gasteiger partial charge on any atom is -0.395 e. The van der Waals surface area contributed by atoms with Crippen molar-refractivity contribution < 1.29 is 5.11 Å². The van der Waals surface area contributed by atoms with Crippen LogP contribution in [0.1, 0.15) is 24.5 Å². The molecule has 6 nitrogen and oxygen atoms in total. The Balaban J connectivity index is 1.63. The summed E-state index contributed by atoms with van der Waals surface area (Å²) in [5.41, 5.74) is 1.02. The predicted octanol–water partition coefficient (Wildman–Crippen LogP) is 1.79. The van der Waals surface area contributed by atoms with E-state index in [2.05, 4.69) is 25.2 Å². The number of aliphatic hydroxyl groups excluding tert-OH is 1. The van der Waals surface area contributed by atoms with Crippen LogP contribution in [0.3, 0.4) is 0 Å². The summed E-state index contributed by atoms with van der Waals surface area (Å²) in [6, 6.07) is 5.69. The van der Waals surface area contributed by atoms with Gasteiger partial charge in [0.2, 0.25) is 0 Å². The first-order valence-electron chi connectivity index (χ1n) is 7.68. The maximum absolute atomic E-state index is 9.07. The fourth-order valence-electron chi connectivity index (χ4n) is 2.82. The van der Waals surface area contributed by atoms with Crippen molar-refractivity contribution >= 4 is 11.6 Å². The largest absolute Gasteiger partial charge is 0.395 e. The van der Waals surface area contributed by atoms with E-state index < -0.39 is 0 Å². The summed E-state index contributed by atoms with van der Waals surface area (Å²) < 4.78 is 0. The first-order valence-corrected chi connectivity index (χ1v) is 7.68. The van der Waals surface area contributed by atoms with Gasteiger partial charge in [0, 0.05) is 25.2 Å². The molecule has 2 aromatic heterocycles. The first kappa shape index (κ1) is 14.9. The van der Waals surface area contributed by atoms with Crippen LogP contribution in [-0.4, -0.2) is 51.2 Å². The monoisotopic (exact) mass is 299 g/mol. The lowest BCUT2D eigenvalue weighted by molar-refractivity contribution is 0.160. The lowest BCUT2D eigenvalue weighted by atomic mass is 9.95. The molecule has 6 heteroatoms. The molecule has 1 atom stereocenters. The third kappa shape index (κ3) is 3.78. The van der Waals surface area contributed by atoms with Crippen molar-refractivity contribution in [2.75, 3.05) is 31.6 Å². The molecule has 0 amide bonds. The number of β-amino-alcohol motifs (C(OH)–C–C–N with tert-alkyl or cyclic N) is 1. The highest BCUT2D eigenvalue weighted by Gasteiger charge is 2.22. The van der Waals surface area contributed by atoms with Gasteiger partial charge >= 0.3 is 0 Å². The van der Waals surface area contributed by atoms with Gasteiger partial charge < -0.3 is 15.3 Å². The summed E-state index contributed by atoms with van der Waals surface area (Å²) in [5.74, 6) is 1.86. The van der Waals surface area contributed by atoms with Gasteiger partial charge in [-0.2, -0.15) is 0 Å². The third-order valence-corrected chi connectivity index (χ3v) is 3.93. The summed E-state index contributed by atoms with van der Waals surface area (Å²) in [4.78, 5) is 15.5. The van der Waals surface area contributed by atoms with E-state index in [9.17, 15) is 0 Å². The van der Waals surface area contributed by atoms with Crippen molar-refractivity contribution in [2.24, 2.45) is 0 Å². The Hall–Kier alpha value is -2.05. The Morgan fingerprint density at radius 3 is 2.86 bits per heavy atom. The van der Waals surface area contributed by atoms with E-state index in [4.69, 9.17) is 5.11 Å². The molecule has 2 N–H and O–H groups in total. The molecule has 0 radical (unpaired) electrons. The lowest BCUT2D eigenvalue weighted by Gasteiger charge is -2.31. The highest BCUT2D eigenvalue weighted by molar-refractivity contribution is 5.49. The Bertz CT molecular complexity index is 573. The van der Waals surface area contributed by atoms with Gasteiger partial charge in [-0.3, -0.25) is 4.98 Å². The molecule has 0 bridgehead atoms. The van der Waals surface area contributed by atoms with Crippen LogP contribution in [0.5, 0.6) is 0 Å². The molecule has 0 unspecified atom stereocenters. The maximum atomic E-state index is 9.07. The number of aromatic nitrogens is 3. The number of hydrogen-bond acceptors (Lipinski definition) is 6. The molecule has 1 aliphatic rings. The van der Waals surface area contributed by atoms with Gasteiger partial charge in [-0.25, -0.2) is 9.97 Å². The highest BCUT2D eigenvalue weighted by Crippen LogP contribution is 2.25. The fraction of sp³-hybridized carbons (Fsp3) is 0.438. The van der Waals surface area contributed by atoms with Gasteiger partial charge in [-0.05, 0) is 31.5 Å². The number of nitrogens with one attached hydrogen (secondary N) is 1. The minimum atomic E-state index is 0.214. The molecule has 3 rings (SSSR count). The van der Waals surface area contributed by atoms with Crippen molar-refractivity contribution in [3.8, 4) is 0 Å². The van der Waals surface area contributed by atoms with Crippen LogP contribution in [0.2, 0.25) is 0 Å². The number of likely N-dealkylation sites (tertiary alicyclic amines) is 1. The summed E-state index contributed by atoms with van der Waals surface area (Å²) in [6.45, 7) is 2.96. The van der Waals surface area contributed by atoms with Crippen molar-refractivity contribution in [1.82, 2.24) is 19.9 Å². The zero-order valence-electron chi connectivity index (χ0n) is 12.5. The second kappa shape index (κ2) is 7.29. The third-order valence-electron chi connectivity index (χ3n) is 3.93. The molecule has 1 saturated heterocycles. The zero-order valence-corrected chi connectivity index (χ0v) is 12.5. The van der Waals surface area contributed by atoms with Crippen LogP contribution >= 0.6 is 0 Å². The number of rotatable bonds is 5. The molecule has 0 saturated carbocycles. The van der Waals surface area contributed by atoms with E-state index in [-0.39, 0.29) is 6.61 Å². The van der Waals surface area contributed by atoms with E-state index in [1.165, 1.54) is 0 Å². The SMILES string of the molecule is OCCN1CCC[C@@H](c2cnc(Nc3ccccn3)cn2)C1. The highest BCUT2D eigenvalue weighted by atomic mass is 16.3. The first-order chi connectivity index (χ1) is 10.8. The number of anilines is 2. The van der Waals surface area contributed by atoms with Crippen molar-refractivity contribution in [1.29, 1.82) is 0 Å². The van der Waals surface area contributed by atoms with E-state index >= 15 is 0 Å². The van der Waals surface area contributed by atoms with Crippen molar-refractivity contribution in [3.05, 3.63) is 42.5 Å². The fourth-order valence-corrected chi connectivity index (χ4v) is 2.82. The Morgan fingerprint density at radius 1 is 1.18 bits per heavy atom. The molecule has 1 aliphatic heterocycles. The molecule has 0 aromatic carbocycles. The van der Waals surface area contributed by atoms with Crippen LogP contribution in [0, 0.1) is 0 Å². The quantitative estimate of drug-likeness (QED) is 0.877. The zero-order chi connectivity index (χ0) is 15.2.